The van der Waals surface area contributed by atoms with Gasteiger partial charge in [-0.15, -0.1) is 16.7 Å². The highest BCUT2D eigenvalue weighted by molar-refractivity contribution is 6.20. The Morgan fingerprint density at radius 3 is 2.80 bits per heavy atom. The fourth-order valence-corrected chi connectivity index (χ4v) is 1.76. The first-order valence-corrected chi connectivity index (χ1v) is 6.15. The van der Waals surface area contributed by atoms with Crippen molar-refractivity contribution in [3.63, 3.8) is 0 Å². The largest absolute Gasteiger partial charge is 0.252 e. The molecule has 1 aromatic rings. The Bertz CT molecular complexity index is 285. The van der Waals surface area contributed by atoms with Crippen LogP contribution in [0.2, 0.25) is 0 Å². The second kappa shape index (κ2) is 6.11. The lowest BCUT2D eigenvalue weighted by Gasteiger charge is -2.08. The summed E-state index contributed by atoms with van der Waals surface area (Å²) in [6, 6.07) is 0. The van der Waals surface area contributed by atoms with Gasteiger partial charge in [-0.05, 0) is 18.8 Å². The molecule has 4 heteroatoms. The van der Waals surface area contributed by atoms with Gasteiger partial charge in [-0.25, -0.2) is 0 Å². The third-order valence-electron chi connectivity index (χ3n) is 2.52. The molecule has 15 heavy (non-hydrogen) atoms. The van der Waals surface area contributed by atoms with Crippen LogP contribution in [-0.2, 0) is 6.54 Å². The van der Waals surface area contributed by atoms with Gasteiger partial charge in [0.05, 0.1) is 5.38 Å². The van der Waals surface area contributed by atoms with Gasteiger partial charge in [0.25, 0.3) is 0 Å². The average Bonchev–Trinajstić information content (AvgIpc) is 2.65. The topological polar surface area (TPSA) is 30.7 Å². The fourth-order valence-electron chi connectivity index (χ4n) is 1.66. The molecule has 86 valence electrons. The standard InChI is InChI=1S/C11H20ClN3/c1-4-6-9(3)7-15-8-11(13-14-15)10(12)5-2/h8-10H,4-7H2,1-3H3. The van der Waals surface area contributed by atoms with E-state index in [4.69, 9.17) is 11.6 Å². The first kappa shape index (κ1) is 12.5. The minimum atomic E-state index is 0.000214. The predicted molar refractivity (Wildman–Crippen MR) is 63.0 cm³/mol. The number of halogens is 1. The van der Waals surface area contributed by atoms with Crippen LogP contribution in [0.25, 0.3) is 0 Å². The Labute approximate surface area is 96.8 Å². The molecule has 2 atom stereocenters. The van der Waals surface area contributed by atoms with Crippen LogP contribution in [0.5, 0.6) is 0 Å². The molecule has 0 aliphatic heterocycles. The van der Waals surface area contributed by atoms with Crippen molar-refractivity contribution in [1.29, 1.82) is 0 Å². The van der Waals surface area contributed by atoms with Crippen molar-refractivity contribution in [3.05, 3.63) is 11.9 Å². The summed E-state index contributed by atoms with van der Waals surface area (Å²) in [6.07, 6.45) is 5.31. The van der Waals surface area contributed by atoms with Crippen molar-refractivity contribution in [1.82, 2.24) is 15.0 Å². The number of alkyl halides is 1. The fraction of sp³-hybridized carbons (Fsp3) is 0.818. The SMILES string of the molecule is CCCC(C)Cn1cc(C(Cl)CC)nn1. The molecule has 0 aromatic carbocycles. The molecule has 0 radical (unpaired) electrons. The number of nitrogens with zero attached hydrogens (tertiary/aromatic N) is 3. The summed E-state index contributed by atoms with van der Waals surface area (Å²) in [5.41, 5.74) is 0.892. The molecule has 1 heterocycles. The summed E-state index contributed by atoms with van der Waals surface area (Å²) < 4.78 is 1.90. The molecule has 3 nitrogen and oxygen atoms in total. The lowest BCUT2D eigenvalue weighted by Crippen LogP contribution is -2.07. The molecule has 0 fully saturated rings. The highest BCUT2D eigenvalue weighted by atomic mass is 35.5. The molecule has 0 bridgehead atoms. The van der Waals surface area contributed by atoms with Crippen molar-refractivity contribution in [2.45, 2.75) is 52.0 Å². The number of hydrogen-bond donors (Lipinski definition) is 0. The molecule has 1 rings (SSSR count). The van der Waals surface area contributed by atoms with Crippen LogP contribution in [0.3, 0.4) is 0 Å². The lowest BCUT2D eigenvalue weighted by atomic mass is 10.1. The summed E-state index contributed by atoms with van der Waals surface area (Å²) in [6.45, 7) is 7.43. The normalized spacial score (nSPS) is 15.2. The van der Waals surface area contributed by atoms with Crippen LogP contribution < -0.4 is 0 Å². The van der Waals surface area contributed by atoms with Crippen LogP contribution in [0, 0.1) is 5.92 Å². The third-order valence-corrected chi connectivity index (χ3v) is 3.05. The van der Waals surface area contributed by atoms with Crippen LogP contribution in [0.15, 0.2) is 6.20 Å². The van der Waals surface area contributed by atoms with E-state index < -0.39 is 0 Å². The van der Waals surface area contributed by atoms with Gasteiger partial charge in [-0.3, -0.25) is 4.68 Å². The minimum Gasteiger partial charge on any atom is -0.252 e. The van der Waals surface area contributed by atoms with E-state index in [1.165, 1.54) is 12.8 Å². The summed E-state index contributed by atoms with van der Waals surface area (Å²) >= 11 is 6.09. The maximum atomic E-state index is 6.09. The summed E-state index contributed by atoms with van der Waals surface area (Å²) in [7, 11) is 0. The van der Waals surface area contributed by atoms with E-state index in [0.29, 0.717) is 5.92 Å². The Morgan fingerprint density at radius 1 is 1.47 bits per heavy atom. The number of rotatable bonds is 6. The lowest BCUT2D eigenvalue weighted by molar-refractivity contribution is 0.414. The van der Waals surface area contributed by atoms with Crippen LogP contribution >= 0.6 is 11.6 Å². The second-order valence-electron chi connectivity index (χ2n) is 4.14. The Morgan fingerprint density at radius 2 is 2.20 bits per heavy atom. The van der Waals surface area contributed by atoms with E-state index >= 15 is 0 Å². The van der Waals surface area contributed by atoms with Gasteiger partial charge in [0, 0.05) is 12.7 Å². The van der Waals surface area contributed by atoms with Gasteiger partial charge in [0.15, 0.2) is 0 Å². The maximum Gasteiger partial charge on any atom is 0.100 e. The molecule has 2 unspecified atom stereocenters. The van der Waals surface area contributed by atoms with Crippen molar-refractivity contribution in [2.75, 3.05) is 0 Å². The zero-order chi connectivity index (χ0) is 11.3. The summed E-state index contributed by atoms with van der Waals surface area (Å²) in [5, 5.41) is 8.17. The predicted octanol–water partition coefficient (Wildman–Crippen LogP) is 3.40. The molecular formula is C11H20ClN3. The zero-order valence-electron chi connectivity index (χ0n) is 9.78. The quantitative estimate of drug-likeness (QED) is 0.700. The summed E-state index contributed by atoms with van der Waals surface area (Å²) in [5.74, 6) is 0.653. The van der Waals surface area contributed by atoms with Crippen LogP contribution in [-0.4, -0.2) is 15.0 Å². The maximum absolute atomic E-state index is 6.09. The molecule has 0 saturated carbocycles. The number of aromatic nitrogens is 3. The van der Waals surface area contributed by atoms with E-state index in [0.717, 1.165) is 18.7 Å². The van der Waals surface area contributed by atoms with Crippen LogP contribution in [0.1, 0.15) is 51.1 Å². The first-order valence-electron chi connectivity index (χ1n) is 5.71. The minimum absolute atomic E-state index is 0.000214. The smallest absolute Gasteiger partial charge is 0.100 e. The van der Waals surface area contributed by atoms with Crippen molar-refractivity contribution < 1.29 is 0 Å². The van der Waals surface area contributed by atoms with Gasteiger partial charge in [0.1, 0.15) is 5.69 Å². The first-order chi connectivity index (χ1) is 7.17. The third kappa shape index (κ3) is 3.82. The molecule has 0 aliphatic rings. The van der Waals surface area contributed by atoms with Gasteiger partial charge < -0.3 is 0 Å². The van der Waals surface area contributed by atoms with E-state index in [2.05, 4.69) is 31.1 Å². The van der Waals surface area contributed by atoms with Crippen molar-refractivity contribution in [2.24, 2.45) is 5.92 Å². The molecule has 0 aliphatic carbocycles. The molecule has 0 spiro atoms. The highest BCUT2D eigenvalue weighted by Crippen LogP contribution is 2.21. The van der Waals surface area contributed by atoms with E-state index in [1.807, 2.05) is 10.9 Å². The van der Waals surface area contributed by atoms with E-state index in [1.54, 1.807) is 0 Å². The Kier molecular flexibility index (Phi) is 5.09. The molecule has 0 N–H and O–H groups in total. The van der Waals surface area contributed by atoms with Gasteiger partial charge >= 0.3 is 0 Å². The van der Waals surface area contributed by atoms with Crippen molar-refractivity contribution >= 4 is 11.6 Å². The second-order valence-corrected chi connectivity index (χ2v) is 4.66. The van der Waals surface area contributed by atoms with Crippen molar-refractivity contribution in [3.8, 4) is 0 Å². The van der Waals surface area contributed by atoms with E-state index in [-0.39, 0.29) is 5.38 Å². The molecule has 1 aromatic heterocycles. The zero-order valence-corrected chi connectivity index (χ0v) is 10.5. The highest BCUT2D eigenvalue weighted by Gasteiger charge is 2.11. The molecule has 0 saturated heterocycles. The average molecular weight is 230 g/mol. The van der Waals surface area contributed by atoms with Gasteiger partial charge in [-0.1, -0.05) is 32.4 Å². The Hall–Kier alpha value is -0.570. The summed E-state index contributed by atoms with van der Waals surface area (Å²) in [4.78, 5) is 0. The Balaban J connectivity index is 2.52. The van der Waals surface area contributed by atoms with E-state index in [9.17, 15) is 0 Å². The number of hydrogen-bond acceptors (Lipinski definition) is 2. The van der Waals surface area contributed by atoms with Gasteiger partial charge in [-0.2, -0.15) is 0 Å². The molecular weight excluding hydrogens is 210 g/mol. The van der Waals surface area contributed by atoms with Gasteiger partial charge in [0.2, 0.25) is 0 Å². The monoisotopic (exact) mass is 229 g/mol. The van der Waals surface area contributed by atoms with Crippen LogP contribution in [0.4, 0.5) is 0 Å². The molecule has 0 amide bonds.